The van der Waals surface area contributed by atoms with Gasteiger partial charge in [0, 0.05) is 12.6 Å². The topological polar surface area (TPSA) is 98.1 Å². The average Bonchev–Trinajstić information content (AvgIpc) is 3.29. The van der Waals surface area contributed by atoms with Crippen LogP contribution in [0.1, 0.15) is 23.0 Å². The van der Waals surface area contributed by atoms with Crippen LogP contribution in [0.5, 0.6) is 5.75 Å². The molecule has 2 aromatic rings. The lowest BCUT2D eigenvalue weighted by atomic mass is 10.1. The molecule has 9 heteroatoms. The molecular formula is C22H23FN2O6. The molecular weight excluding hydrogens is 407 g/mol. The Morgan fingerprint density at radius 1 is 1.32 bits per heavy atom. The molecule has 1 aromatic heterocycles. The molecule has 164 valence electrons. The smallest absolute Gasteiger partial charge is 0.244 e. The number of carbonyl (C=O) groups is 3. The number of carbonyl (C=O) groups excluding carboxylic acids is 3. The minimum absolute atomic E-state index is 0.0912. The van der Waals surface area contributed by atoms with Crippen molar-refractivity contribution in [2.45, 2.75) is 13.0 Å². The molecule has 31 heavy (non-hydrogen) atoms. The van der Waals surface area contributed by atoms with Gasteiger partial charge in [-0.2, -0.15) is 0 Å². The zero-order valence-corrected chi connectivity index (χ0v) is 17.0. The number of amides is 2. The Morgan fingerprint density at radius 3 is 2.90 bits per heavy atom. The van der Waals surface area contributed by atoms with E-state index < -0.39 is 17.8 Å². The highest BCUT2D eigenvalue weighted by molar-refractivity contribution is 5.96. The van der Waals surface area contributed by atoms with Crippen LogP contribution < -0.4 is 10.1 Å². The Kier molecular flexibility index (Phi) is 7.55. The number of morpholine rings is 1. The third-order valence-electron chi connectivity index (χ3n) is 4.59. The van der Waals surface area contributed by atoms with E-state index in [2.05, 4.69) is 5.32 Å². The first kappa shape index (κ1) is 22.2. The summed E-state index contributed by atoms with van der Waals surface area (Å²) >= 11 is 0. The van der Waals surface area contributed by atoms with Crippen LogP contribution in [0.15, 0.2) is 47.1 Å². The van der Waals surface area contributed by atoms with E-state index in [4.69, 9.17) is 13.9 Å². The summed E-state index contributed by atoms with van der Waals surface area (Å²) in [4.78, 5) is 37.5. The molecule has 1 aliphatic rings. The summed E-state index contributed by atoms with van der Waals surface area (Å²) in [5.74, 6) is -0.703. The number of ketones is 1. The fourth-order valence-corrected chi connectivity index (χ4v) is 3.01. The standard InChI is InChI=1S/C22H23FN2O6/c1-15(26)19-11-16(23)4-6-20(19)31-14-18-13-25(8-10-30-18)22(28)12-24-21(27)7-5-17-3-2-9-29-17/h2-7,9,11,18H,8,10,12-14H2,1H3,(H,24,27)/b7-5-. The summed E-state index contributed by atoms with van der Waals surface area (Å²) in [6, 6.07) is 7.14. The number of rotatable bonds is 8. The van der Waals surface area contributed by atoms with Crippen molar-refractivity contribution in [1.29, 1.82) is 0 Å². The number of benzene rings is 1. The van der Waals surface area contributed by atoms with E-state index in [1.54, 1.807) is 17.0 Å². The normalized spacial score (nSPS) is 16.3. The number of nitrogens with zero attached hydrogens (tertiary/aromatic N) is 1. The summed E-state index contributed by atoms with van der Waals surface area (Å²) in [5, 5.41) is 2.54. The summed E-state index contributed by atoms with van der Waals surface area (Å²) in [6.45, 7) is 2.25. The van der Waals surface area contributed by atoms with E-state index in [0.717, 1.165) is 6.07 Å². The third kappa shape index (κ3) is 6.51. The Morgan fingerprint density at radius 2 is 2.16 bits per heavy atom. The predicted octanol–water partition coefficient (Wildman–Crippen LogP) is 2.06. The van der Waals surface area contributed by atoms with E-state index in [1.807, 2.05) is 0 Å². The molecule has 0 radical (unpaired) electrons. The van der Waals surface area contributed by atoms with Gasteiger partial charge in [-0.05, 0) is 43.3 Å². The second kappa shape index (κ2) is 10.5. The van der Waals surface area contributed by atoms with Crippen molar-refractivity contribution < 1.29 is 32.7 Å². The van der Waals surface area contributed by atoms with E-state index in [0.29, 0.717) is 18.9 Å². The van der Waals surface area contributed by atoms with Crippen molar-refractivity contribution in [1.82, 2.24) is 10.2 Å². The van der Waals surface area contributed by atoms with Crippen molar-refractivity contribution >= 4 is 23.7 Å². The fourth-order valence-electron chi connectivity index (χ4n) is 3.01. The number of hydrogen-bond acceptors (Lipinski definition) is 6. The lowest BCUT2D eigenvalue weighted by Crippen LogP contribution is -2.50. The molecule has 1 aromatic carbocycles. The molecule has 0 spiro atoms. The first-order valence-corrected chi connectivity index (χ1v) is 9.74. The van der Waals surface area contributed by atoms with Crippen LogP contribution in [0.4, 0.5) is 4.39 Å². The maximum atomic E-state index is 13.4. The first-order chi connectivity index (χ1) is 14.9. The van der Waals surface area contributed by atoms with E-state index in [1.165, 1.54) is 37.5 Å². The minimum atomic E-state index is -0.524. The summed E-state index contributed by atoms with van der Waals surface area (Å²) in [7, 11) is 0. The van der Waals surface area contributed by atoms with E-state index in [9.17, 15) is 18.8 Å². The lowest BCUT2D eigenvalue weighted by Gasteiger charge is -2.33. The van der Waals surface area contributed by atoms with Gasteiger partial charge in [0.15, 0.2) is 5.78 Å². The van der Waals surface area contributed by atoms with Crippen LogP contribution in [0.3, 0.4) is 0 Å². The Bertz CT molecular complexity index is 957. The highest BCUT2D eigenvalue weighted by Crippen LogP contribution is 2.21. The van der Waals surface area contributed by atoms with Crippen molar-refractivity contribution in [3.8, 4) is 5.75 Å². The van der Waals surface area contributed by atoms with Crippen molar-refractivity contribution in [2.75, 3.05) is 32.8 Å². The van der Waals surface area contributed by atoms with Gasteiger partial charge in [0.1, 0.15) is 30.0 Å². The van der Waals surface area contributed by atoms with Crippen molar-refractivity contribution in [3.05, 3.63) is 59.8 Å². The van der Waals surface area contributed by atoms with Crippen molar-refractivity contribution in [2.24, 2.45) is 0 Å². The maximum Gasteiger partial charge on any atom is 0.244 e. The van der Waals surface area contributed by atoms with Crippen LogP contribution in [0.2, 0.25) is 0 Å². The molecule has 1 saturated heterocycles. The largest absolute Gasteiger partial charge is 0.490 e. The average molecular weight is 430 g/mol. The fraction of sp³-hybridized carbons (Fsp3) is 0.318. The highest BCUT2D eigenvalue weighted by atomic mass is 19.1. The number of halogens is 1. The van der Waals surface area contributed by atoms with Gasteiger partial charge in [-0.15, -0.1) is 0 Å². The number of hydrogen-bond donors (Lipinski definition) is 1. The number of nitrogens with one attached hydrogen (secondary N) is 1. The van der Waals surface area contributed by atoms with Crippen molar-refractivity contribution in [3.63, 3.8) is 0 Å². The molecule has 1 N–H and O–H groups in total. The molecule has 3 rings (SSSR count). The zero-order chi connectivity index (χ0) is 22.2. The second-order valence-corrected chi connectivity index (χ2v) is 6.91. The van der Waals surface area contributed by atoms with Gasteiger partial charge in [0.05, 0.1) is 31.5 Å². The van der Waals surface area contributed by atoms with E-state index in [-0.39, 0.29) is 42.7 Å². The number of ether oxygens (including phenoxy) is 2. The molecule has 8 nitrogen and oxygen atoms in total. The highest BCUT2D eigenvalue weighted by Gasteiger charge is 2.25. The quantitative estimate of drug-likeness (QED) is 0.509. The molecule has 1 aliphatic heterocycles. The molecule has 0 saturated carbocycles. The van der Waals surface area contributed by atoms with Gasteiger partial charge in [-0.3, -0.25) is 14.4 Å². The summed E-state index contributed by atoms with van der Waals surface area (Å²) in [6.07, 6.45) is 3.87. The van der Waals surface area contributed by atoms with Crippen LogP contribution in [0, 0.1) is 5.82 Å². The monoisotopic (exact) mass is 430 g/mol. The van der Waals surface area contributed by atoms with Crippen LogP contribution in [-0.4, -0.2) is 61.4 Å². The Hall–Kier alpha value is -3.46. The number of furan rings is 1. The first-order valence-electron chi connectivity index (χ1n) is 9.74. The molecule has 0 bridgehead atoms. The van der Waals surface area contributed by atoms with Crippen LogP contribution in [-0.2, 0) is 14.3 Å². The SMILES string of the molecule is CC(=O)c1cc(F)ccc1OCC1CN(C(=O)CNC(=O)/C=C\c2ccco2)CCO1. The Balaban J connectivity index is 1.47. The van der Waals surface area contributed by atoms with Gasteiger partial charge in [-0.1, -0.05) is 0 Å². The maximum absolute atomic E-state index is 13.4. The lowest BCUT2D eigenvalue weighted by molar-refractivity contribution is -0.140. The van der Waals surface area contributed by atoms with Crippen LogP contribution >= 0.6 is 0 Å². The second-order valence-electron chi connectivity index (χ2n) is 6.91. The van der Waals surface area contributed by atoms with Gasteiger partial charge < -0.3 is 24.1 Å². The minimum Gasteiger partial charge on any atom is -0.490 e. The molecule has 1 unspecified atom stereocenters. The predicted molar refractivity (Wildman–Crippen MR) is 109 cm³/mol. The third-order valence-corrected chi connectivity index (χ3v) is 4.59. The molecule has 1 fully saturated rings. The summed E-state index contributed by atoms with van der Waals surface area (Å²) < 4.78 is 29.7. The van der Waals surface area contributed by atoms with Gasteiger partial charge in [0.2, 0.25) is 11.8 Å². The molecule has 2 amide bonds. The zero-order valence-electron chi connectivity index (χ0n) is 17.0. The van der Waals surface area contributed by atoms with Gasteiger partial charge >= 0.3 is 0 Å². The van der Waals surface area contributed by atoms with Crippen LogP contribution in [0.25, 0.3) is 6.08 Å². The van der Waals surface area contributed by atoms with E-state index >= 15 is 0 Å². The van der Waals surface area contributed by atoms with Gasteiger partial charge in [-0.25, -0.2) is 4.39 Å². The molecule has 0 aliphatic carbocycles. The van der Waals surface area contributed by atoms with Gasteiger partial charge in [0.25, 0.3) is 0 Å². The number of Topliss-reactive ketones (excluding diaryl/α,β-unsaturated/α-hetero) is 1. The Labute approximate surface area is 178 Å². The summed E-state index contributed by atoms with van der Waals surface area (Å²) in [5.41, 5.74) is 0.147. The molecule has 1 atom stereocenters. The molecule has 2 heterocycles.